The second-order valence-electron chi connectivity index (χ2n) is 19.3. The maximum absolute atomic E-state index is 15.5. The Labute approximate surface area is 441 Å². The molecule has 4 aromatic rings. The number of amides is 8. The van der Waals surface area contributed by atoms with E-state index in [1.54, 1.807) is 55.1 Å². The van der Waals surface area contributed by atoms with Crippen LogP contribution in [0.4, 0.5) is 4.39 Å². The number of ether oxygens (including phenoxy) is 1. The minimum absolute atomic E-state index is 0.0429. The standard InChI is InChI=1S/C54H61FN10O12/c1-4-54(76)35-21-40-50-33(27-65(40)52(74)34(35)28-77-53(54)75)49-39(16-15-32-30(3)36(55)22-37(62-50)48(32)49)63(5-2)47(72)26-56-29-60-43(68)24-59-51(73)38(20-31-12-8-6-9-13-31)61-44(69)25-58-42(67)23-57-41(66)14-10-7-11-19-64-45(70)17-18-46(64)71/h6,8-9,12-13,17-18,21-22,38-39,56,76H,4-5,7,10-11,14-16,19-20,23-29H2,1-3H3,(H,57,66)(H,58,67)(H,59,73)(H,60,68)(H,61,69)/t38-,39-,54-/m0/s1. The molecule has 3 atom stereocenters. The van der Waals surface area contributed by atoms with Gasteiger partial charge in [0.05, 0.1) is 67.9 Å². The van der Waals surface area contributed by atoms with E-state index >= 15 is 4.39 Å². The average Bonchev–Trinajstić information content (AvgIpc) is 4.19. The topological polar surface area (TPSA) is 297 Å². The molecule has 23 heteroatoms. The lowest BCUT2D eigenvalue weighted by molar-refractivity contribution is -0.172. The maximum Gasteiger partial charge on any atom is 0.343 e. The first-order valence-corrected chi connectivity index (χ1v) is 25.7. The number of aromatic nitrogens is 2. The van der Waals surface area contributed by atoms with Crippen molar-refractivity contribution in [2.24, 2.45) is 0 Å². The van der Waals surface area contributed by atoms with Gasteiger partial charge in [-0.15, -0.1) is 0 Å². The molecule has 0 bridgehead atoms. The van der Waals surface area contributed by atoms with Crippen LogP contribution in [0.15, 0.2) is 59.4 Å². The molecule has 2 aromatic heterocycles. The Morgan fingerprint density at radius 3 is 2.29 bits per heavy atom. The van der Waals surface area contributed by atoms with E-state index in [1.165, 1.54) is 22.8 Å². The van der Waals surface area contributed by atoms with Crippen molar-refractivity contribution in [3.8, 4) is 11.4 Å². The number of benzene rings is 2. The molecule has 0 saturated carbocycles. The molecule has 8 rings (SSSR count). The van der Waals surface area contributed by atoms with Gasteiger partial charge in [0.2, 0.25) is 35.4 Å². The summed E-state index contributed by atoms with van der Waals surface area (Å²) in [6, 6.07) is 10.1. The predicted octanol–water partition coefficient (Wildman–Crippen LogP) is 0.588. The molecule has 7 N–H and O–H groups in total. The molecule has 0 radical (unpaired) electrons. The van der Waals surface area contributed by atoms with Crippen molar-refractivity contribution in [1.82, 2.24) is 51.3 Å². The molecule has 0 unspecified atom stereocenters. The van der Waals surface area contributed by atoms with Gasteiger partial charge < -0.3 is 45.9 Å². The lowest BCUT2D eigenvalue weighted by Crippen LogP contribution is -2.52. The molecular weight excluding hydrogens is 1000 g/mol. The zero-order chi connectivity index (χ0) is 55.1. The number of halogens is 1. The molecule has 0 saturated heterocycles. The summed E-state index contributed by atoms with van der Waals surface area (Å²) in [6.45, 7) is 3.65. The van der Waals surface area contributed by atoms with Crippen LogP contribution in [0.5, 0.6) is 0 Å². The van der Waals surface area contributed by atoms with Crippen LogP contribution in [-0.2, 0) is 79.5 Å². The quantitative estimate of drug-likeness (QED) is 0.0204. The summed E-state index contributed by atoms with van der Waals surface area (Å²) in [7, 11) is 0. The lowest BCUT2D eigenvalue weighted by atomic mass is 9.81. The fourth-order valence-electron chi connectivity index (χ4n) is 10.4. The molecule has 0 fully saturated rings. The fraction of sp³-hybridized carbons (Fsp3) is 0.426. The Kier molecular flexibility index (Phi) is 17.0. The normalized spacial score (nSPS) is 17.2. The van der Waals surface area contributed by atoms with E-state index in [0.29, 0.717) is 71.1 Å². The highest BCUT2D eigenvalue weighted by atomic mass is 19.1. The zero-order valence-electron chi connectivity index (χ0n) is 43.0. The van der Waals surface area contributed by atoms with Crippen molar-refractivity contribution < 1.29 is 57.4 Å². The van der Waals surface area contributed by atoms with E-state index < -0.39 is 84.2 Å². The summed E-state index contributed by atoms with van der Waals surface area (Å²) in [6.07, 6.45) is 4.96. The Bertz CT molecular complexity index is 3140. The molecule has 0 spiro atoms. The highest BCUT2D eigenvalue weighted by Crippen LogP contribution is 2.47. The van der Waals surface area contributed by atoms with E-state index in [0.717, 1.165) is 16.0 Å². The van der Waals surface area contributed by atoms with E-state index in [9.17, 15) is 53.1 Å². The summed E-state index contributed by atoms with van der Waals surface area (Å²) in [5.41, 5.74) is 2.18. The number of hydrogen-bond donors (Lipinski definition) is 7. The Hall–Kier alpha value is -8.18. The lowest BCUT2D eigenvalue weighted by Gasteiger charge is -2.37. The number of imide groups is 1. The van der Waals surface area contributed by atoms with Crippen molar-refractivity contribution >= 4 is 64.1 Å². The smallest absolute Gasteiger partial charge is 0.343 e. The number of aliphatic hydroxyl groups is 1. The van der Waals surface area contributed by atoms with Crippen molar-refractivity contribution in [2.45, 2.75) is 103 Å². The summed E-state index contributed by atoms with van der Waals surface area (Å²) in [5, 5.41) is 27.7. The second-order valence-corrected chi connectivity index (χ2v) is 19.3. The van der Waals surface area contributed by atoms with E-state index in [2.05, 4.69) is 31.9 Å². The highest BCUT2D eigenvalue weighted by Gasteiger charge is 2.46. The average molecular weight is 1060 g/mol. The van der Waals surface area contributed by atoms with Crippen molar-refractivity contribution in [3.05, 3.63) is 110 Å². The number of hydrogen-bond acceptors (Lipinski definition) is 14. The first kappa shape index (κ1) is 55.1. The largest absolute Gasteiger partial charge is 0.458 e. The van der Waals surface area contributed by atoms with Crippen molar-refractivity contribution in [2.75, 3.05) is 45.9 Å². The Morgan fingerprint density at radius 2 is 1.56 bits per heavy atom. The number of aryl methyl sites for hydroxylation is 1. The van der Waals surface area contributed by atoms with Gasteiger partial charge in [-0.3, -0.25) is 53.4 Å². The minimum Gasteiger partial charge on any atom is -0.458 e. The van der Waals surface area contributed by atoms with Crippen LogP contribution in [0.25, 0.3) is 22.3 Å². The van der Waals surface area contributed by atoms with Gasteiger partial charge in [0, 0.05) is 60.7 Å². The number of carbonyl (C=O) groups is 9. The van der Waals surface area contributed by atoms with Crippen LogP contribution < -0.4 is 37.5 Å². The van der Waals surface area contributed by atoms with Gasteiger partial charge in [-0.25, -0.2) is 14.2 Å². The summed E-state index contributed by atoms with van der Waals surface area (Å²) in [5.74, 6) is -5.41. The van der Waals surface area contributed by atoms with Crippen LogP contribution in [-0.4, -0.2) is 130 Å². The number of nitrogens with one attached hydrogen (secondary N) is 6. The molecule has 3 aliphatic heterocycles. The Morgan fingerprint density at radius 1 is 0.857 bits per heavy atom. The number of likely N-dealkylation sites (N-methyl/N-ethyl adjacent to an activating group) is 1. The number of nitrogens with zero attached hydrogens (tertiary/aromatic N) is 4. The molecule has 2 aromatic carbocycles. The number of cyclic esters (lactones) is 1. The second kappa shape index (κ2) is 23.8. The van der Waals surface area contributed by atoms with E-state index in [4.69, 9.17) is 9.72 Å². The van der Waals surface area contributed by atoms with Crippen LogP contribution >= 0.6 is 0 Å². The number of rotatable bonds is 23. The molecule has 406 valence electrons. The minimum atomic E-state index is -2.05. The van der Waals surface area contributed by atoms with Crippen LogP contribution in [0.2, 0.25) is 0 Å². The van der Waals surface area contributed by atoms with Gasteiger partial charge in [-0.05, 0) is 74.3 Å². The van der Waals surface area contributed by atoms with Gasteiger partial charge in [-0.1, -0.05) is 43.7 Å². The van der Waals surface area contributed by atoms with Crippen LogP contribution in [0.1, 0.15) is 97.4 Å². The third-order valence-corrected chi connectivity index (χ3v) is 14.5. The maximum atomic E-state index is 15.5. The first-order valence-electron chi connectivity index (χ1n) is 25.7. The number of fused-ring (bicyclic) bond motifs is 5. The molecule has 77 heavy (non-hydrogen) atoms. The third-order valence-electron chi connectivity index (χ3n) is 14.5. The molecule has 4 aliphatic rings. The van der Waals surface area contributed by atoms with Crippen molar-refractivity contribution in [1.29, 1.82) is 0 Å². The van der Waals surface area contributed by atoms with Gasteiger partial charge in [-0.2, -0.15) is 0 Å². The highest BCUT2D eigenvalue weighted by molar-refractivity contribution is 6.12. The van der Waals surface area contributed by atoms with Gasteiger partial charge in [0.15, 0.2) is 5.60 Å². The summed E-state index contributed by atoms with van der Waals surface area (Å²) >= 11 is 0. The number of carbonyl (C=O) groups excluding carboxylic acids is 9. The number of unbranched alkanes of at least 4 members (excludes halogenated alkanes) is 2. The monoisotopic (exact) mass is 1060 g/mol. The third kappa shape index (κ3) is 11.8. The molecule has 8 amide bonds. The fourth-order valence-corrected chi connectivity index (χ4v) is 10.4. The number of esters is 1. The van der Waals surface area contributed by atoms with Crippen LogP contribution in [0, 0.1) is 12.7 Å². The predicted molar refractivity (Wildman–Crippen MR) is 274 cm³/mol. The van der Waals surface area contributed by atoms with Gasteiger partial charge in [0.1, 0.15) is 18.5 Å². The summed E-state index contributed by atoms with van der Waals surface area (Å²) < 4.78 is 22.3. The molecular formula is C54H61FN10O12. The molecule has 5 heterocycles. The Balaban J connectivity index is 0.830. The van der Waals surface area contributed by atoms with Gasteiger partial charge in [0.25, 0.3) is 17.4 Å². The first-order chi connectivity index (χ1) is 36.9. The summed E-state index contributed by atoms with van der Waals surface area (Å²) in [4.78, 5) is 136. The number of pyridine rings is 2. The van der Waals surface area contributed by atoms with Gasteiger partial charge >= 0.3 is 5.97 Å². The van der Waals surface area contributed by atoms with E-state index in [1.807, 2.05) is 6.92 Å². The van der Waals surface area contributed by atoms with Crippen LogP contribution in [0.3, 0.4) is 0 Å². The van der Waals surface area contributed by atoms with Crippen molar-refractivity contribution in [3.63, 3.8) is 0 Å². The zero-order valence-corrected chi connectivity index (χ0v) is 43.0. The molecule has 22 nitrogen and oxygen atoms in total. The molecule has 1 aliphatic carbocycles. The SMILES string of the molecule is CCN(C(=O)CNCNC(=O)CNC(=O)[C@H](Cc1ccccc1)NC(=O)CNC(=O)CNC(=O)CCCCCN1C(=O)C=CC1=O)[C@H]1CCc2c(C)c(F)cc3nc4c(c1c23)Cn1c-4cc2c(c1=O)COC(=O)[C@]2(O)CC. The van der Waals surface area contributed by atoms with E-state index in [-0.39, 0.29) is 87.6 Å².